The zero-order valence-corrected chi connectivity index (χ0v) is 7.16. The van der Waals surface area contributed by atoms with Crippen molar-refractivity contribution in [2.45, 2.75) is 38.9 Å². The standard InChI is InChI=1S/C9H18O2/c1-3-5-7-8(6-4-2)9(10)11/h4,8-11H,2-3,5-7H2,1H3. The van der Waals surface area contributed by atoms with Gasteiger partial charge < -0.3 is 10.2 Å². The highest BCUT2D eigenvalue weighted by atomic mass is 16.5. The number of unbranched alkanes of at least 4 members (excludes halogenated alkanes) is 1. The zero-order chi connectivity index (χ0) is 8.69. The minimum absolute atomic E-state index is 0.0209. The highest BCUT2D eigenvalue weighted by Gasteiger charge is 2.13. The molecular weight excluding hydrogens is 140 g/mol. The molecule has 0 aromatic carbocycles. The maximum Gasteiger partial charge on any atom is 0.154 e. The molecule has 0 fully saturated rings. The van der Waals surface area contributed by atoms with Crippen LogP contribution in [0.2, 0.25) is 0 Å². The van der Waals surface area contributed by atoms with E-state index in [1.165, 1.54) is 0 Å². The van der Waals surface area contributed by atoms with Crippen LogP contribution in [0.15, 0.2) is 12.7 Å². The van der Waals surface area contributed by atoms with Crippen molar-refractivity contribution in [2.24, 2.45) is 5.92 Å². The van der Waals surface area contributed by atoms with Crippen molar-refractivity contribution in [3.8, 4) is 0 Å². The van der Waals surface area contributed by atoms with E-state index in [0.717, 1.165) is 19.3 Å². The average Bonchev–Trinajstić information content (AvgIpc) is 1.97. The molecule has 66 valence electrons. The van der Waals surface area contributed by atoms with Gasteiger partial charge in [-0.1, -0.05) is 25.8 Å². The van der Waals surface area contributed by atoms with Crippen LogP contribution in [-0.2, 0) is 0 Å². The number of hydrogen-bond donors (Lipinski definition) is 2. The third-order valence-corrected chi connectivity index (χ3v) is 1.82. The molecule has 0 rings (SSSR count). The zero-order valence-electron chi connectivity index (χ0n) is 7.16. The van der Waals surface area contributed by atoms with E-state index in [-0.39, 0.29) is 5.92 Å². The van der Waals surface area contributed by atoms with Gasteiger partial charge in [-0.15, -0.1) is 6.58 Å². The molecule has 1 unspecified atom stereocenters. The molecule has 1 atom stereocenters. The fraction of sp³-hybridized carbons (Fsp3) is 0.778. The van der Waals surface area contributed by atoms with Gasteiger partial charge in [-0.3, -0.25) is 0 Å². The third kappa shape index (κ3) is 4.99. The lowest BCUT2D eigenvalue weighted by Gasteiger charge is -2.15. The van der Waals surface area contributed by atoms with Crippen LogP contribution in [0.1, 0.15) is 32.6 Å². The molecule has 0 spiro atoms. The van der Waals surface area contributed by atoms with Gasteiger partial charge in [-0.25, -0.2) is 0 Å². The maximum absolute atomic E-state index is 8.88. The van der Waals surface area contributed by atoms with E-state index in [1.807, 2.05) is 0 Å². The molecule has 0 saturated heterocycles. The second kappa shape index (κ2) is 6.38. The third-order valence-electron chi connectivity index (χ3n) is 1.82. The van der Waals surface area contributed by atoms with Crippen LogP contribution < -0.4 is 0 Å². The van der Waals surface area contributed by atoms with E-state index in [0.29, 0.717) is 6.42 Å². The van der Waals surface area contributed by atoms with Gasteiger partial charge >= 0.3 is 0 Å². The van der Waals surface area contributed by atoms with E-state index in [1.54, 1.807) is 6.08 Å². The van der Waals surface area contributed by atoms with Gasteiger partial charge in [-0.05, 0) is 12.8 Å². The predicted molar refractivity (Wildman–Crippen MR) is 46.1 cm³/mol. The summed E-state index contributed by atoms with van der Waals surface area (Å²) in [4.78, 5) is 0. The van der Waals surface area contributed by atoms with Gasteiger partial charge in [0.2, 0.25) is 0 Å². The molecule has 0 aromatic heterocycles. The fourth-order valence-electron chi connectivity index (χ4n) is 1.07. The molecule has 0 saturated carbocycles. The van der Waals surface area contributed by atoms with Gasteiger partial charge in [0.15, 0.2) is 6.29 Å². The highest BCUT2D eigenvalue weighted by molar-refractivity contribution is 4.74. The Balaban J connectivity index is 3.59. The van der Waals surface area contributed by atoms with Crippen molar-refractivity contribution < 1.29 is 10.2 Å². The number of hydrogen-bond acceptors (Lipinski definition) is 2. The molecule has 0 aliphatic carbocycles. The van der Waals surface area contributed by atoms with Crippen LogP contribution in [0.5, 0.6) is 0 Å². The number of rotatable bonds is 6. The summed E-state index contributed by atoms with van der Waals surface area (Å²) >= 11 is 0. The minimum Gasteiger partial charge on any atom is -0.368 e. The Morgan fingerprint density at radius 1 is 1.45 bits per heavy atom. The predicted octanol–water partition coefficient (Wildman–Crippen LogP) is 1.68. The molecule has 0 aliphatic rings. The van der Waals surface area contributed by atoms with Crippen molar-refractivity contribution in [1.29, 1.82) is 0 Å². The quantitative estimate of drug-likeness (QED) is 0.456. The first kappa shape index (κ1) is 10.7. The van der Waals surface area contributed by atoms with Crippen LogP contribution >= 0.6 is 0 Å². The summed E-state index contributed by atoms with van der Waals surface area (Å²) in [6, 6.07) is 0. The van der Waals surface area contributed by atoms with Crippen LogP contribution in [0.3, 0.4) is 0 Å². The summed E-state index contributed by atoms with van der Waals surface area (Å²) in [6.07, 6.45) is 4.27. The molecule has 2 N–H and O–H groups in total. The summed E-state index contributed by atoms with van der Waals surface area (Å²) in [5, 5.41) is 17.8. The largest absolute Gasteiger partial charge is 0.368 e. The van der Waals surface area contributed by atoms with Gasteiger partial charge in [0.25, 0.3) is 0 Å². The van der Waals surface area contributed by atoms with Crippen LogP contribution in [0, 0.1) is 5.92 Å². The number of aliphatic hydroxyl groups is 2. The Morgan fingerprint density at radius 2 is 2.09 bits per heavy atom. The molecule has 0 amide bonds. The van der Waals surface area contributed by atoms with Gasteiger partial charge in [-0.2, -0.15) is 0 Å². The molecule has 0 aromatic rings. The average molecular weight is 158 g/mol. The molecule has 0 aliphatic heterocycles. The number of aliphatic hydroxyl groups excluding tert-OH is 1. The summed E-state index contributed by atoms with van der Waals surface area (Å²) in [7, 11) is 0. The van der Waals surface area contributed by atoms with Crippen LogP contribution in [-0.4, -0.2) is 16.5 Å². The Kier molecular flexibility index (Phi) is 6.18. The lowest BCUT2D eigenvalue weighted by Crippen LogP contribution is -2.18. The van der Waals surface area contributed by atoms with Crippen molar-refractivity contribution in [3.63, 3.8) is 0 Å². The molecule has 0 heterocycles. The lowest BCUT2D eigenvalue weighted by atomic mass is 9.98. The van der Waals surface area contributed by atoms with Crippen LogP contribution in [0.25, 0.3) is 0 Å². The van der Waals surface area contributed by atoms with Gasteiger partial charge in [0.05, 0.1) is 0 Å². The second-order valence-electron chi connectivity index (χ2n) is 2.84. The van der Waals surface area contributed by atoms with Crippen molar-refractivity contribution >= 4 is 0 Å². The first-order chi connectivity index (χ1) is 5.22. The SMILES string of the molecule is C=CCC(CCCC)C(O)O. The Bertz CT molecular complexity index is 99.7. The first-order valence-electron chi connectivity index (χ1n) is 4.19. The summed E-state index contributed by atoms with van der Waals surface area (Å²) < 4.78 is 0. The molecular formula is C9H18O2. The summed E-state index contributed by atoms with van der Waals surface area (Å²) in [5.74, 6) is -0.0209. The van der Waals surface area contributed by atoms with E-state index >= 15 is 0 Å². The normalized spacial score (nSPS) is 13.5. The van der Waals surface area contributed by atoms with Gasteiger partial charge in [0.1, 0.15) is 0 Å². The Hall–Kier alpha value is -0.340. The first-order valence-corrected chi connectivity index (χ1v) is 4.19. The molecule has 2 nitrogen and oxygen atoms in total. The van der Waals surface area contributed by atoms with Crippen molar-refractivity contribution in [2.75, 3.05) is 0 Å². The molecule has 11 heavy (non-hydrogen) atoms. The Labute approximate surface area is 68.6 Å². The fourth-order valence-corrected chi connectivity index (χ4v) is 1.07. The lowest BCUT2D eigenvalue weighted by molar-refractivity contribution is -0.0852. The topological polar surface area (TPSA) is 40.5 Å². The molecule has 0 radical (unpaired) electrons. The summed E-state index contributed by atoms with van der Waals surface area (Å²) in [6.45, 7) is 5.66. The molecule has 0 bridgehead atoms. The van der Waals surface area contributed by atoms with E-state index in [2.05, 4.69) is 13.5 Å². The summed E-state index contributed by atoms with van der Waals surface area (Å²) in [5.41, 5.74) is 0. The minimum atomic E-state index is -1.18. The maximum atomic E-state index is 8.88. The van der Waals surface area contributed by atoms with Crippen molar-refractivity contribution in [3.05, 3.63) is 12.7 Å². The molecule has 2 heteroatoms. The number of allylic oxidation sites excluding steroid dienone is 1. The van der Waals surface area contributed by atoms with E-state index < -0.39 is 6.29 Å². The van der Waals surface area contributed by atoms with Crippen LogP contribution in [0.4, 0.5) is 0 Å². The second-order valence-corrected chi connectivity index (χ2v) is 2.84. The van der Waals surface area contributed by atoms with E-state index in [4.69, 9.17) is 10.2 Å². The Morgan fingerprint density at radius 3 is 2.45 bits per heavy atom. The highest BCUT2D eigenvalue weighted by Crippen LogP contribution is 2.15. The monoisotopic (exact) mass is 158 g/mol. The van der Waals surface area contributed by atoms with Gasteiger partial charge in [0, 0.05) is 5.92 Å². The van der Waals surface area contributed by atoms with E-state index in [9.17, 15) is 0 Å². The van der Waals surface area contributed by atoms with Crippen molar-refractivity contribution in [1.82, 2.24) is 0 Å². The smallest absolute Gasteiger partial charge is 0.154 e.